The van der Waals surface area contributed by atoms with Gasteiger partial charge in [0.25, 0.3) is 0 Å². The van der Waals surface area contributed by atoms with Gasteiger partial charge in [-0.25, -0.2) is 9.97 Å². The Hall–Kier alpha value is -8.28. The minimum atomic E-state index is 0.680. The molecule has 0 unspecified atom stereocenters. The van der Waals surface area contributed by atoms with Gasteiger partial charge < -0.3 is 13.6 Å². The first-order chi connectivity index (χ1) is 30.2. The van der Waals surface area contributed by atoms with E-state index in [0.717, 1.165) is 94.2 Å². The number of rotatable bonds is 5. The Balaban J connectivity index is 1.03. The third-order valence-electron chi connectivity index (χ3n) is 12.3. The molecule has 5 heteroatoms. The Labute approximate surface area is 350 Å². The van der Waals surface area contributed by atoms with Crippen LogP contribution in [0.15, 0.2) is 211 Å². The van der Waals surface area contributed by atoms with Crippen LogP contribution in [0, 0.1) is 0 Å². The maximum absolute atomic E-state index is 6.19. The van der Waals surface area contributed by atoms with Crippen LogP contribution in [0.4, 0.5) is 0 Å². The van der Waals surface area contributed by atoms with E-state index >= 15 is 0 Å². The van der Waals surface area contributed by atoms with Crippen LogP contribution >= 0.6 is 0 Å². The van der Waals surface area contributed by atoms with E-state index in [4.69, 9.17) is 14.4 Å². The second kappa shape index (κ2) is 13.1. The molecule has 5 nitrogen and oxygen atoms in total. The molecule has 284 valence electrons. The molecule has 13 rings (SSSR count). The number of hydrogen-bond acceptors (Lipinski definition) is 3. The predicted octanol–water partition coefficient (Wildman–Crippen LogP) is 14.7. The molecule has 9 aromatic carbocycles. The fourth-order valence-electron chi connectivity index (χ4n) is 9.55. The molecule has 0 aliphatic rings. The van der Waals surface area contributed by atoms with Crippen molar-refractivity contribution in [3.8, 4) is 45.1 Å². The van der Waals surface area contributed by atoms with E-state index < -0.39 is 0 Å². The fraction of sp³-hybridized carbons (Fsp3) is 0. The zero-order valence-electron chi connectivity index (χ0n) is 32.8. The van der Waals surface area contributed by atoms with Gasteiger partial charge in [-0.05, 0) is 88.6 Å². The predicted molar refractivity (Wildman–Crippen MR) is 252 cm³/mol. The zero-order chi connectivity index (χ0) is 40.0. The lowest BCUT2D eigenvalue weighted by molar-refractivity contribution is 0.669. The first-order valence-corrected chi connectivity index (χ1v) is 20.7. The molecule has 4 heterocycles. The molecule has 13 aromatic rings. The van der Waals surface area contributed by atoms with Crippen LogP contribution in [0.25, 0.3) is 122 Å². The van der Waals surface area contributed by atoms with Crippen molar-refractivity contribution in [2.45, 2.75) is 0 Å². The summed E-state index contributed by atoms with van der Waals surface area (Å²) in [5.41, 5.74) is 14.4. The lowest BCUT2D eigenvalue weighted by atomic mass is 9.99. The molecule has 0 saturated carbocycles. The Bertz CT molecular complexity index is 3880. The molecule has 0 saturated heterocycles. The van der Waals surface area contributed by atoms with Crippen LogP contribution in [-0.2, 0) is 0 Å². The first-order valence-electron chi connectivity index (χ1n) is 20.7. The number of benzene rings is 9. The highest BCUT2D eigenvalue weighted by Gasteiger charge is 2.22. The van der Waals surface area contributed by atoms with Crippen LogP contribution in [0.1, 0.15) is 0 Å². The van der Waals surface area contributed by atoms with Crippen LogP contribution in [0.2, 0.25) is 0 Å². The topological polar surface area (TPSA) is 48.8 Å². The zero-order valence-corrected chi connectivity index (χ0v) is 32.8. The highest BCUT2D eigenvalue weighted by atomic mass is 16.3. The summed E-state index contributed by atoms with van der Waals surface area (Å²) in [4.78, 5) is 10.9. The van der Waals surface area contributed by atoms with Crippen molar-refractivity contribution in [2.24, 2.45) is 0 Å². The summed E-state index contributed by atoms with van der Waals surface area (Å²) in [6, 6.07) is 73.1. The second-order valence-electron chi connectivity index (χ2n) is 15.8. The van der Waals surface area contributed by atoms with Gasteiger partial charge in [0.05, 0.1) is 27.8 Å². The summed E-state index contributed by atoms with van der Waals surface area (Å²) in [5, 5.41) is 8.21. The first kappa shape index (κ1) is 33.7. The number of hydrogen-bond donors (Lipinski definition) is 0. The van der Waals surface area contributed by atoms with Gasteiger partial charge in [-0.3, -0.25) is 0 Å². The molecule has 0 radical (unpaired) electrons. The molecular formula is C56H34N4O. The SMILES string of the molecule is c1ccc(-c2nc(-c3cccc(-n4c5ccc(-c6ccc7oc8ccccc8c7c6)cc5c5c6ccccc6ccc54)c3)nc3c4ccccc4n(-c4ccccc4)c23)cc1. The van der Waals surface area contributed by atoms with E-state index in [2.05, 4.69) is 203 Å². The molecule has 0 N–H and O–H groups in total. The number of furan rings is 1. The van der Waals surface area contributed by atoms with Gasteiger partial charge in [0, 0.05) is 49.4 Å². The molecule has 0 aliphatic heterocycles. The Morgan fingerprint density at radius 2 is 1.00 bits per heavy atom. The number of fused-ring (bicyclic) bond motifs is 11. The van der Waals surface area contributed by atoms with Crippen molar-refractivity contribution in [1.82, 2.24) is 19.1 Å². The van der Waals surface area contributed by atoms with Gasteiger partial charge in [0.1, 0.15) is 16.7 Å². The van der Waals surface area contributed by atoms with Crippen molar-refractivity contribution in [1.29, 1.82) is 0 Å². The van der Waals surface area contributed by atoms with Crippen molar-refractivity contribution in [3.63, 3.8) is 0 Å². The molecule has 0 atom stereocenters. The molecule has 0 aliphatic carbocycles. The van der Waals surface area contributed by atoms with Gasteiger partial charge in [-0.1, -0.05) is 140 Å². The van der Waals surface area contributed by atoms with E-state index in [0.29, 0.717) is 5.82 Å². The van der Waals surface area contributed by atoms with Gasteiger partial charge in [0.2, 0.25) is 0 Å². The van der Waals surface area contributed by atoms with Crippen molar-refractivity contribution in [3.05, 3.63) is 206 Å². The van der Waals surface area contributed by atoms with Gasteiger partial charge >= 0.3 is 0 Å². The summed E-state index contributed by atoms with van der Waals surface area (Å²) in [6.07, 6.45) is 0. The molecule has 0 amide bonds. The van der Waals surface area contributed by atoms with Crippen LogP contribution in [0.5, 0.6) is 0 Å². The standard InChI is InChI=1S/C56H34N4O/c1-3-15-36(16-4-1)53-55-54(44-23-9-11-24-47(44)60(55)40-18-5-2-6-19-40)58-56(57-53)39-17-13-20-41(32-39)59-48-29-27-37(34-46(48)52-42-21-8-7-14-35(42)26-30-49(52)59)38-28-31-51-45(33-38)43-22-10-12-25-50(43)61-51/h1-34H. The quantitative estimate of drug-likeness (QED) is 0.175. The Morgan fingerprint density at radius 3 is 1.87 bits per heavy atom. The smallest absolute Gasteiger partial charge is 0.160 e. The maximum Gasteiger partial charge on any atom is 0.160 e. The highest BCUT2D eigenvalue weighted by molar-refractivity contribution is 6.22. The summed E-state index contributed by atoms with van der Waals surface area (Å²) in [6.45, 7) is 0. The summed E-state index contributed by atoms with van der Waals surface area (Å²) in [7, 11) is 0. The van der Waals surface area contributed by atoms with E-state index in [1.165, 1.54) is 21.5 Å². The minimum Gasteiger partial charge on any atom is -0.456 e. The molecule has 0 fully saturated rings. The molecule has 61 heavy (non-hydrogen) atoms. The third-order valence-corrected chi connectivity index (χ3v) is 12.3. The molecular weight excluding hydrogens is 745 g/mol. The third kappa shape index (κ3) is 5.14. The Morgan fingerprint density at radius 1 is 0.361 bits per heavy atom. The summed E-state index contributed by atoms with van der Waals surface area (Å²) in [5.74, 6) is 0.680. The minimum absolute atomic E-state index is 0.680. The lowest BCUT2D eigenvalue weighted by Crippen LogP contribution is -2.00. The van der Waals surface area contributed by atoms with E-state index in [-0.39, 0.29) is 0 Å². The van der Waals surface area contributed by atoms with Gasteiger partial charge in [-0.2, -0.15) is 0 Å². The average molecular weight is 779 g/mol. The number of para-hydroxylation sites is 3. The second-order valence-corrected chi connectivity index (χ2v) is 15.8. The maximum atomic E-state index is 6.19. The van der Waals surface area contributed by atoms with Crippen molar-refractivity contribution >= 4 is 76.5 Å². The largest absolute Gasteiger partial charge is 0.456 e. The van der Waals surface area contributed by atoms with E-state index in [1.54, 1.807) is 0 Å². The van der Waals surface area contributed by atoms with Gasteiger partial charge in [-0.15, -0.1) is 0 Å². The highest BCUT2D eigenvalue weighted by Crippen LogP contribution is 2.42. The average Bonchev–Trinajstić information content (AvgIpc) is 3.99. The van der Waals surface area contributed by atoms with Gasteiger partial charge in [0.15, 0.2) is 5.82 Å². The normalized spacial score (nSPS) is 11.9. The summed E-state index contributed by atoms with van der Waals surface area (Å²) >= 11 is 0. The molecule has 0 bridgehead atoms. The van der Waals surface area contributed by atoms with E-state index in [1.807, 2.05) is 12.1 Å². The van der Waals surface area contributed by atoms with Crippen LogP contribution < -0.4 is 0 Å². The van der Waals surface area contributed by atoms with Crippen LogP contribution in [0.3, 0.4) is 0 Å². The van der Waals surface area contributed by atoms with Crippen molar-refractivity contribution < 1.29 is 4.42 Å². The van der Waals surface area contributed by atoms with Crippen LogP contribution in [-0.4, -0.2) is 19.1 Å². The Kier molecular flexibility index (Phi) is 7.24. The fourth-order valence-corrected chi connectivity index (χ4v) is 9.55. The monoisotopic (exact) mass is 778 g/mol. The molecule has 4 aromatic heterocycles. The number of aromatic nitrogens is 4. The van der Waals surface area contributed by atoms with Crippen molar-refractivity contribution in [2.75, 3.05) is 0 Å². The molecule has 0 spiro atoms. The summed E-state index contributed by atoms with van der Waals surface area (Å²) < 4.78 is 10.9. The number of nitrogens with zero attached hydrogens (tertiary/aromatic N) is 4. The lowest BCUT2D eigenvalue weighted by Gasteiger charge is -2.13. The van der Waals surface area contributed by atoms with E-state index in [9.17, 15) is 0 Å².